The molecule has 0 radical (unpaired) electrons. The molecule has 0 unspecified atom stereocenters. The van der Waals surface area contributed by atoms with Gasteiger partial charge in [-0.3, -0.25) is 4.79 Å². The van der Waals surface area contributed by atoms with Crippen LogP contribution >= 0.6 is 0 Å². The van der Waals surface area contributed by atoms with Crippen LogP contribution in [0.25, 0.3) is 0 Å². The van der Waals surface area contributed by atoms with Crippen LogP contribution in [-0.2, 0) is 6.54 Å². The molecule has 0 fully saturated rings. The molecule has 0 aliphatic carbocycles. The minimum atomic E-state index is -0.511. The van der Waals surface area contributed by atoms with E-state index in [2.05, 4.69) is 10.1 Å². The van der Waals surface area contributed by atoms with Gasteiger partial charge in [-0.15, -0.1) is 0 Å². The molecule has 0 N–H and O–H groups in total. The van der Waals surface area contributed by atoms with E-state index in [1.165, 1.54) is 29.5 Å². The number of hydrogen-bond donors (Lipinski definition) is 0. The van der Waals surface area contributed by atoms with Gasteiger partial charge in [0.05, 0.1) is 5.56 Å². The first-order valence-electron chi connectivity index (χ1n) is 4.37. The SMILES string of the molecule is O=C(Cn1cncn1)c1ccccc1F. The van der Waals surface area contributed by atoms with Gasteiger partial charge in [0.1, 0.15) is 25.0 Å². The number of Topliss-reactive ketones (excluding diaryl/α,β-unsaturated/α-hetero) is 1. The van der Waals surface area contributed by atoms with Crippen LogP contribution < -0.4 is 0 Å². The number of nitrogens with zero attached hydrogens (tertiary/aromatic N) is 3. The van der Waals surface area contributed by atoms with E-state index in [0.29, 0.717) is 0 Å². The second-order valence-corrected chi connectivity index (χ2v) is 3.00. The van der Waals surface area contributed by atoms with Crippen LogP contribution in [0.4, 0.5) is 4.39 Å². The summed E-state index contributed by atoms with van der Waals surface area (Å²) in [7, 11) is 0. The Morgan fingerprint density at radius 1 is 1.40 bits per heavy atom. The maximum absolute atomic E-state index is 13.2. The van der Waals surface area contributed by atoms with Crippen LogP contribution in [0.5, 0.6) is 0 Å². The highest BCUT2D eigenvalue weighted by molar-refractivity contribution is 5.96. The highest BCUT2D eigenvalue weighted by Gasteiger charge is 2.11. The van der Waals surface area contributed by atoms with Crippen molar-refractivity contribution in [1.29, 1.82) is 0 Å². The predicted molar refractivity (Wildman–Crippen MR) is 50.8 cm³/mol. The minimum absolute atomic E-state index is 0.000926. The topological polar surface area (TPSA) is 47.8 Å². The molecule has 76 valence electrons. The molecule has 1 aromatic heterocycles. The molecule has 1 heterocycles. The van der Waals surface area contributed by atoms with Crippen molar-refractivity contribution in [2.75, 3.05) is 0 Å². The number of halogens is 1. The third kappa shape index (κ3) is 2.07. The van der Waals surface area contributed by atoms with Crippen molar-refractivity contribution in [1.82, 2.24) is 14.8 Å². The van der Waals surface area contributed by atoms with Gasteiger partial charge in [-0.2, -0.15) is 5.10 Å². The third-order valence-corrected chi connectivity index (χ3v) is 1.95. The van der Waals surface area contributed by atoms with E-state index in [1.807, 2.05) is 0 Å². The van der Waals surface area contributed by atoms with Crippen molar-refractivity contribution in [3.63, 3.8) is 0 Å². The second-order valence-electron chi connectivity index (χ2n) is 3.00. The fraction of sp³-hybridized carbons (Fsp3) is 0.100. The van der Waals surface area contributed by atoms with Crippen LogP contribution in [0.2, 0.25) is 0 Å². The number of carbonyl (C=O) groups excluding carboxylic acids is 1. The lowest BCUT2D eigenvalue weighted by atomic mass is 10.1. The first kappa shape index (κ1) is 9.51. The van der Waals surface area contributed by atoms with Crippen LogP contribution in [0.3, 0.4) is 0 Å². The zero-order chi connectivity index (χ0) is 10.7. The van der Waals surface area contributed by atoms with Crippen LogP contribution in [0.1, 0.15) is 10.4 Å². The molecule has 0 aliphatic rings. The quantitative estimate of drug-likeness (QED) is 0.709. The number of carbonyl (C=O) groups is 1. The minimum Gasteiger partial charge on any atom is -0.292 e. The summed E-state index contributed by atoms with van der Waals surface area (Å²) in [4.78, 5) is 15.3. The van der Waals surface area contributed by atoms with Crippen molar-refractivity contribution < 1.29 is 9.18 Å². The van der Waals surface area contributed by atoms with E-state index >= 15 is 0 Å². The summed E-state index contributed by atoms with van der Waals surface area (Å²) in [6.45, 7) is 0.000926. The number of aromatic nitrogens is 3. The summed E-state index contributed by atoms with van der Waals surface area (Å²) in [5.41, 5.74) is 0.0769. The van der Waals surface area contributed by atoms with Gasteiger partial charge < -0.3 is 0 Å². The summed E-state index contributed by atoms with van der Waals surface area (Å²) < 4.78 is 14.6. The van der Waals surface area contributed by atoms with Crippen LogP contribution in [0.15, 0.2) is 36.9 Å². The summed E-state index contributed by atoms with van der Waals surface area (Å²) in [5, 5.41) is 3.77. The zero-order valence-electron chi connectivity index (χ0n) is 7.80. The standard InChI is InChI=1S/C10H8FN3O/c11-9-4-2-1-3-8(9)10(15)5-14-7-12-6-13-14/h1-4,6-7H,5H2. The van der Waals surface area contributed by atoms with Crippen LogP contribution in [0, 0.1) is 5.82 Å². The lowest BCUT2D eigenvalue weighted by Crippen LogP contribution is -2.12. The molecule has 0 bridgehead atoms. The largest absolute Gasteiger partial charge is 0.292 e. The Kier molecular flexibility index (Phi) is 2.53. The summed E-state index contributed by atoms with van der Waals surface area (Å²) >= 11 is 0. The van der Waals surface area contributed by atoms with Gasteiger partial charge in [-0.25, -0.2) is 14.1 Å². The second kappa shape index (κ2) is 4.00. The highest BCUT2D eigenvalue weighted by atomic mass is 19.1. The van der Waals surface area contributed by atoms with E-state index in [0.717, 1.165) is 0 Å². The molecule has 15 heavy (non-hydrogen) atoms. The van der Waals surface area contributed by atoms with E-state index in [9.17, 15) is 9.18 Å². The number of benzene rings is 1. The van der Waals surface area contributed by atoms with Gasteiger partial charge >= 0.3 is 0 Å². The fourth-order valence-electron chi connectivity index (χ4n) is 1.23. The first-order valence-corrected chi connectivity index (χ1v) is 4.37. The Morgan fingerprint density at radius 3 is 2.87 bits per heavy atom. The first-order chi connectivity index (χ1) is 7.27. The molecule has 5 heteroatoms. The lowest BCUT2D eigenvalue weighted by Gasteiger charge is -2.01. The molecule has 0 aliphatic heterocycles. The van der Waals surface area contributed by atoms with Crippen molar-refractivity contribution >= 4 is 5.78 Å². The van der Waals surface area contributed by atoms with Gasteiger partial charge in [0.25, 0.3) is 0 Å². The van der Waals surface area contributed by atoms with Gasteiger partial charge in [0.15, 0.2) is 5.78 Å². The molecule has 0 saturated heterocycles. The molecule has 1 aromatic carbocycles. The molecular formula is C10H8FN3O. The Bertz CT molecular complexity index is 467. The van der Waals surface area contributed by atoms with Crippen molar-refractivity contribution in [2.45, 2.75) is 6.54 Å². The molecule has 0 amide bonds. The highest BCUT2D eigenvalue weighted by Crippen LogP contribution is 2.07. The normalized spacial score (nSPS) is 10.2. The van der Waals surface area contributed by atoms with Crippen molar-refractivity contribution in [3.05, 3.63) is 48.3 Å². The smallest absolute Gasteiger partial charge is 0.187 e. The Labute approximate surface area is 85.4 Å². The van der Waals surface area contributed by atoms with E-state index < -0.39 is 5.82 Å². The number of hydrogen-bond acceptors (Lipinski definition) is 3. The summed E-state index contributed by atoms with van der Waals surface area (Å²) in [6.07, 6.45) is 2.74. The maximum Gasteiger partial charge on any atom is 0.187 e. The van der Waals surface area contributed by atoms with Gasteiger partial charge in [-0.05, 0) is 12.1 Å². The maximum atomic E-state index is 13.2. The number of rotatable bonds is 3. The molecule has 2 aromatic rings. The molecular weight excluding hydrogens is 197 g/mol. The molecule has 0 spiro atoms. The van der Waals surface area contributed by atoms with Gasteiger partial charge in [0.2, 0.25) is 0 Å². The monoisotopic (exact) mass is 205 g/mol. The molecule has 4 nitrogen and oxygen atoms in total. The molecule has 0 saturated carbocycles. The van der Waals surface area contributed by atoms with Crippen molar-refractivity contribution in [3.8, 4) is 0 Å². The molecule has 0 atom stereocenters. The average Bonchev–Trinajstić information content (AvgIpc) is 2.71. The summed E-state index contributed by atoms with van der Waals surface area (Å²) in [5.74, 6) is -0.832. The third-order valence-electron chi connectivity index (χ3n) is 1.95. The fourth-order valence-corrected chi connectivity index (χ4v) is 1.23. The summed E-state index contributed by atoms with van der Waals surface area (Å²) in [6, 6.07) is 5.88. The van der Waals surface area contributed by atoms with Crippen molar-refractivity contribution in [2.24, 2.45) is 0 Å². The average molecular weight is 205 g/mol. The van der Waals surface area contributed by atoms with Gasteiger partial charge in [0, 0.05) is 0 Å². The Balaban J connectivity index is 2.19. The number of ketones is 1. The van der Waals surface area contributed by atoms with Crippen LogP contribution in [-0.4, -0.2) is 20.5 Å². The van der Waals surface area contributed by atoms with E-state index in [1.54, 1.807) is 12.1 Å². The molecule has 2 rings (SSSR count). The predicted octanol–water partition coefficient (Wildman–Crippen LogP) is 1.30. The zero-order valence-corrected chi connectivity index (χ0v) is 7.80. The van der Waals surface area contributed by atoms with E-state index in [4.69, 9.17) is 0 Å². The van der Waals surface area contributed by atoms with E-state index in [-0.39, 0.29) is 17.9 Å². The Morgan fingerprint density at radius 2 is 2.20 bits per heavy atom. The Hall–Kier alpha value is -2.04. The lowest BCUT2D eigenvalue weighted by molar-refractivity contribution is 0.0963. The van der Waals surface area contributed by atoms with Gasteiger partial charge in [-0.1, -0.05) is 12.1 Å².